The number of hydrogen-bond acceptors (Lipinski definition) is 2. The molecule has 0 aliphatic rings. The van der Waals surface area contributed by atoms with Crippen LogP contribution in [0.5, 0.6) is 0 Å². The van der Waals surface area contributed by atoms with Gasteiger partial charge in [0.2, 0.25) is 0 Å². The molecule has 0 amide bonds. The number of furan rings is 1. The van der Waals surface area contributed by atoms with E-state index < -0.39 is 53.2 Å². The van der Waals surface area contributed by atoms with Crippen molar-refractivity contribution >= 4 is 49.6 Å². The van der Waals surface area contributed by atoms with E-state index in [-0.39, 0.29) is 11.3 Å². The highest BCUT2D eigenvalue weighted by atomic mass is 19.1. The maximum atomic E-state index is 14.8. The van der Waals surface area contributed by atoms with Crippen molar-refractivity contribution in [1.82, 2.24) is 0 Å². The Labute approximate surface area is 334 Å². The van der Waals surface area contributed by atoms with Crippen LogP contribution < -0.4 is 4.90 Å². The molecule has 1 aromatic heterocycles. The molecule has 0 bridgehead atoms. The molecular weight excluding hydrogens is 712 g/mol. The monoisotopic (exact) mass is 748 g/mol. The highest BCUT2D eigenvalue weighted by molar-refractivity contribution is 6.28. The molecule has 0 spiro atoms. The number of nitrogens with zero attached hydrogens (tertiary/aromatic N) is 1. The van der Waals surface area contributed by atoms with Gasteiger partial charge in [-0.05, 0) is 80.8 Å². The van der Waals surface area contributed by atoms with Crippen molar-refractivity contribution in [3.8, 4) is 44.7 Å². The number of fused-ring (bicyclic) bond motifs is 6. The third-order valence-electron chi connectivity index (χ3n) is 10.3. The van der Waals surface area contributed by atoms with Gasteiger partial charge in [-0.1, -0.05) is 139 Å². The fourth-order valence-electron chi connectivity index (χ4n) is 7.79. The Morgan fingerprint density at radius 2 is 0.947 bits per heavy atom. The van der Waals surface area contributed by atoms with E-state index in [2.05, 4.69) is 54.6 Å². The molecule has 9 aromatic carbocycles. The zero-order valence-corrected chi connectivity index (χ0v) is 30.1. The van der Waals surface area contributed by atoms with Crippen molar-refractivity contribution < 1.29 is 24.4 Å². The molecule has 0 fully saturated rings. The molecule has 5 heteroatoms. The first-order valence-corrected chi connectivity index (χ1v) is 18.3. The second-order valence-corrected chi connectivity index (χ2v) is 13.7. The van der Waals surface area contributed by atoms with Crippen LogP contribution in [0.25, 0.3) is 77.2 Å². The Kier molecular flexibility index (Phi) is 7.14. The summed E-state index contributed by atoms with van der Waals surface area (Å²) in [4.78, 5) is 1.51. The normalized spacial score (nSPS) is 12.6. The van der Waals surface area contributed by atoms with E-state index in [0.717, 1.165) is 66.1 Å². The van der Waals surface area contributed by atoms with Crippen LogP contribution in [0.2, 0.25) is 0 Å². The van der Waals surface area contributed by atoms with Crippen LogP contribution >= 0.6 is 0 Å². The SMILES string of the molecule is [2H]c1c([2H])c([2H])c(N(c2ccc(-c3ccc4c5ccccc5c5c(-c6ccccc6)c(-c6ccccc6)oc5c4c3)cc2)c2ccc(-c3c(F)cc(F)cc3F)cc2)c([2H])c1[2H]. The number of para-hydroxylation sites is 1. The highest BCUT2D eigenvalue weighted by Crippen LogP contribution is 2.48. The van der Waals surface area contributed by atoms with Gasteiger partial charge >= 0.3 is 0 Å². The summed E-state index contributed by atoms with van der Waals surface area (Å²) in [5.74, 6) is -2.42. The van der Waals surface area contributed by atoms with E-state index in [0.29, 0.717) is 23.5 Å². The average Bonchev–Trinajstić information content (AvgIpc) is 3.71. The third kappa shape index (κ3) is 6.01. The topological polar surface area (TPSA) is 16.4 Å². The molecule has 1 heterocycles. The highest BCUT2D eigenvalue weighted by Gasteiger charge is 2.23. The van der Waals surface area contributed by atoms with Crippen LogP contribution in [0.3, 0.4) is 0 Å². The molecule has 0 N–H and O–H groups in total. The van der Waals surface area contributed by atoms with Crippen LogP contribution in [-0.4, -0.2) is 0 Å². The Morgan fingerprint density at radius 3 is 1.60 bits per heavy atom. The number of anilines is 3. The van der Waals surface area contributed by atoms with E-state index in [1.165, 1.54) is 29.2 Å². The molecule has 57 heavy (non-hydrogen) atoms. The lowest BCUT2D eigenvalue weighted by Crippen LogP contribution is -2.09. The van der Waals surface area contributed by atoms with Crippen molar-refractivity contribution in [2.75, 3.05) is 4.90 Å². The van der Waals surface area contributed by atoms with Gasteiger partial charge in [0, 0.05) is 51.1 Å². The lowest BCUT2D eigenvalue weighted by Gasteiger charge is -2.26. The number of rotatable bonds is 7. The fourth-order valence-corrected chi connectivity index (χ4v) is 7.79. The Hall–Kier alpha value is -7.37. The van der Waals surface area contributed by atoms with Crippen LogP contribution in [-0.2, 0) is 0 Å². The molecule has 0 aliphatic heterocycles. The summed E-state index contributed by atoms with van der Waals surface area (Å²) in [5.41, 5.74) is 5.89. The first-order valence-electron chi connectivity index (χ1n) is 20.8. The maximum absolute atomic E-state index is 14.8. The van der Waals surface area contributed by atoms with Crippen molar-refractivity contribution in [3.63, 3.8) is 0 Å². The van der Waals surface area contributed by atoms with E-state index in [1.807, 2.05) is 60.7 Å². The Morgan fingerprint density at radius 1 is 0.421 bits per heavy atom. The minimum absolute atomic E-state index is 0.114. The van der Waals surface area contributed by atoms with E-state index in [9.17, 15) is 13.2 Å². The summed E-state index contributed by atoms with van der Waals surface area (Å²) in [6.07, 6.45) is 0. The Bertz CT molecular complexity index is 3320. The molecule has 2 nitrogen and oxygen atoms in total. The smallest absolute Gasteiger partial charge is 0.143 e. The van der Waals surface area contributed by atoms with Gasteiger partial charge in [0.05, 0.1) is 12.4 Å². The molecule has 10 aromatic rings. The summed E-state index contributed by atoms with van der Waals surface area (Å²) in [6.45, 7) is 0. The first kappa shape index (κ1) is 29.0. The second kappa shape index (κ2) is 14.0. The lowest BCUT2D eigenvalue weighted by molar-refractivity contribution is 0.548. The van der Waals surface area contributed by atoms with Crippen LogP contribution in [0.1, 0.15) is 6.85 Å². The van der Waals surface area contributed by atoms with Crippen LogP contribution in [0, 0.1) is 17.5 Å². The zero-order valence-electron chi connectivity index (χ0n) is 35.1. The molecule has 0 unspecified atom stereocenters. The van der Waals surface area contributed by atoms with Crippen LogP contribution in [0.15, 0.2) is 198 Å². The summed E-state index contributed by atoms with van der Waals surface area (Å²) in [5, 5.41) is 5.12. The summed E-state index contributed by atoms with van der Waals surface area (Å²) in [6, 6.07) is 47.0. The molecule has 0 radical (unpaired) electrons. The minimum Gasteiger partial charge on any atom is -0.455 e. The Balaban J connectivity index is 1.13. The van der Waals surface area contributed by atoms with Gasteiger partial charge in [-0.2, -0.15) is 0 Å². The average molecular weight is 749 g/mol. The van der Waals surface area contributed by atoms with Gasteiger partial charge in [-0.15, -0.1) is 0 Å². The summed E-state index contributed by atoms with van der Waals surface area (Å²) in [7, 11) is 0. The van der Waals surface area contributed by atoms with Crippen molar-refractivity contribution in [2.24, 2.45) is 0 Å². The van der Waals surface area contributed by atoms with Gasteiger partial charge in [0.25, 0.3) is 0 Å². The summed E-state index contributed by atoms with van der Waals surface area (Å²) >= 11 is 0. The maximum Gasteiger partial charge on any atom is 0.143 e. The van der Waals surface area contributed by atoms with Gasteiger partial charge in [-0.3, -0.25) is 0 Å². The van der Waals surface area contributed by atoms with E-state index in [4.69, 9.17) is 11.3 Å². The fraction of sp³-hybridized carbons (Fsp3) is 0. The van der Waals surface area contributed by atoms with Crippen molar-refractivity contribution in [1.29, 1.82) is 0 Å². The lowest BCUT2D eigenvalue weighted by atomic mass is 9.91. The van der Waals surface area contributed by atoms with Gasteiger partial charge < -0.3 is 9.32 Å². The molecule has 272 valence electrons. The molecule has 0 atom stereocenters. The zero-order chi connectivity index (χ0) is 42.8. The molecular formula is C52H32F3NO. The first-order chi connectivity index (χ1) is 30.1. The van der Waals surface area contributed by atoms with Crippen molar-refractivity contribution in [3.05, 3.63) is 211 Å². The second-order valence-electron chi connectivity index (χ2n) is 13.7. The van der Waals surface area contributed by atoms with Gasteiger partial charge in [0.15, 0.2) is 0 Å². The van der Waals surface area contributed by atoms with Crippen molar-refractivity contribution in [2.45, 2.75) is 0 Å². The molecule has 10 rings (SSSR count). The standard InChI is InChI=1S/C52H32F3NO/c53-38-31-46(54)48(47(55)32-38)35-22-27-41(28-23-35)56(39-16-8-3-9-17-39)40-25-20-33(21-26-40)37-24-29-43-42-18-10-11-19-44(42)50-49(34-12-4-1-5-13-34)51(36-14-6-2-7-15-36)57-52(50)45(43)30-37/h1-32H/i3D,8D,9D,16D,17D. The van der Waals surface area contributed by atoms with E-state index in [1.54, 1.807) is 12.1 Å². The minimum atomic E-state index is -1.07. The predicted molar refractivity (Wildman–Crippen MR) is 228 cm³/mol. The summed E-state index contributed by atoms with van der Waals surface area (Å²) < 4.78 is 93.1. The van der Waals surface area contributed by atoms with E-state index >= 15 is 0 Å². The van der Waals surface area contributed by atoms with Crippen LogP contribution in [0.4, 0.5) is 30.2 Å². The number of benzene rings is 9. The third-order valence-corrected chi connectivity index (χ3v) is 10.3. The largest absolute Gasteiger partial charge is 0.455 e. The quantitative estimate of drug-likeness (QED) is 0.151. The van der Waals surface area contributed by atoms with Gasteiger partial charge in [0.1, 0.15) is 28.8 Å². The predicted octanol–water partition coefficient (Wildman–Crippen LogP) is 15.3. The molecule has 0 saturated heterocycles. The molecule has 0 saturated carbocycles. The van der Waals surface area contributed by atoms with Gasteiger partial charge in [-0.25, -0.2) is 13.2 Å². The molecule has 0 aliphatic carbocycles. The number of hydrogen-bond donors (Lipinski definition) is 0. The number of halogens is 3.